The molecule has 0 aromatic carbocycles. The van der Waals surface area contributed by atoms with Gasteiger partial charge in [0.25, 0.3) is 0 Å². The van der Waals surface area contributed by atoms with Crippen LogP contribution in [-0.4, -0.2) is 69.7 Å². The van der Waals surface area contributed by atoms with Crippen molar-refractivity contribution in [2.75, 3.05) is 0 Å². The Kier molecular flexibility index (Phi) is 6.98. The summed E-state index contributed by atoms with van der Waals surface area (Å²) in [5.74, 6) is -14.4. The fourth-order valence-corrected chi connectivity index (χ4v) is 63.1. The van der Waals surface area contributed by atoms with Gasteiger partial charge in [0.1, 0.15) is 0 Å². The van der Waals surface area contributed by atoms with E-state index in [4.69, 9.17) is 0 Å². The van der Waals surface area contributed by atoms with E-state index in [0.717, 1.165) is 0 Å². The molecule has 0 spiro atoms. The molecule has 0 aromatic heterocycles. The van der Waals surface area contributed by atoms with Gasteiger partial charge in [-0.1, -0.05) is 0 Å². The predicted molar refractivity (Wildman–Crippen MR) is 78.3 cm³/mol. The first-order valence-corrected chi connectivity index (χ1v) is 27.7. The van der Waals surface area contributed by atoms with Gasteiger partial charge in [0.05, 0.1) is 0 Å². The summed E-state index contributed by atoms with van der Waals surface area (Å²) in [5, 5.41) is -6.63. The van der Waals surface area contributed by atoms with Crippen molar-refractivity contribution < 1.29 is 47.9 Å². The van der Waals surface area contributed by atoms with Crippen LogP contribution in [0.25, 0.3) is 0 Å². The first kappa shape index (κ1) is 25.9. The van der Waals surface area contributed by atoms with Crippen LogP contribution in [-0.2, 0) is 10.0 Å². The van der Waals surface area contributed by atoms with Gasteiger partial charge in [-0.3, -0.25) is 0 Å². The monoisotopic (exact) mass is 627 g/mol. The fraction of sp³-hybridized carbons (Fsp3) is 1.00. The molecule has 0 bridgehead atoms. The van der Waals surface area contributed by atoms with Crippen LogP contribution in [0.15, 0.2) is 0 Å². The van der Waals surface area contributed by atoms with Gasteiger partial charge in [-0.05, 0) is 0 Å². The molecule has 15 heteroatoms. The molecular formula is C10H18F9NO2SSn2. The second-order valence-electron chi connectivity index (χ2n) is 7.27. The standard InChI is InChI=1S/C4F9NO2S.6CH3.2Sn/c5-1(6,3(9,10)11)2(7,8)4(12,13)17(14,15)16;;;;;;;;/h;6*1H3;;. The van der Waals surface area contributed by atoms with E-state index in [1.54, 1.807) is 0 Å². The fourth-order valence-electron chi connectivity index (χ4n) is 2.36. The molecule has 0 heterocycles. The zero-order chi connectivity index (χ0) is 21.1. The molecular weight excluding hydrogens is 607 g/mol. The van der Waals surface area contributed by atoms with Crippen LogP contribution in [0.5, 0.6) is 0 Å². The van der Waals surface area contributed by atoms with Crippen molar-refractivity contribution in [2.24, 2.45) is 0 Å². The molecule has 0 atom stereocenters. The van der Waals surface area contributed by atoms with Crippen molar-refractivity contribution >= 4 is 47.3 Å². The second kappa shape index (κ2) is 6.74. The van der Waals surface area contributed by atoms with Gasteiger partial charge < -0.3 is 0 Å². The zero-order valence-electron chi connectivity index (χ0n) is 14.1. The van der Waals surface area contributed by atoms with Crippen molar-refractivity contribution in [3.63, 3.8) is 0 Å². The Hall–Kier alpha value is 0.877. The molecule has 0 radical (unpaired) electrons. The van der Waals surface area contributed by atoms with Gasteiger partial charge in [0.15, 0.2) is 0 Å². The van der Waals surface area contributed by atoms with Crippen LogP contribution >= 0.6 is 0 Å². The number of halogens is 9. The third-order valence-corrected chi connectivity index (χ3v) is 48.4. The van der Waals surface area contributed by atoms with Crippen LogP contribution < -0.4 is 0 Å². The Morgan fingerprint density at radius 3 is 1.12 bits per heavy atom. The van der Waals surface area contributed by atoms with Crippen LogP contribution in [0.4, 0.5) is 39.5 Å². The Morgan fingerprint density at radius 1 is 0.640 bits per heavy atom. The van der Waals surface area contributed by atoms with Crippen LogP contribution in [0.3, 0.4) is 0 Å². The maximum atomic E-state index is 14.0. The summed E-state index contributed by atoms with van der Waals surface area (Å²) in [7, 11) is -6.46. The van der Waals surface area contributed by atoms with Crippen molar-refractivity contribution in [3.8, 4) is 0 Å². The molecule has 0 aliphatic carbocycles. The third-order valence-electron chi connectivity index (χ3n) is 2.90. The predicted octanol–water partition coefficient (Wildman–Crippen LogP) is 4.71. The molecule has 25 heavy (non-hydrogen) atoms. The number of hydrogen-bond acceptors (Lipinski definition) is 2. The molecule has 0 N–H and O–H groups in total. The molecule has 0 amide bonds. The summed E-state index contributed by atoms with van der Waals surface area (Å²) in [4.78, 5) is 7.53. The number of nitrogens with zero attached hydrogens (tertiary/aromatic N) is 1. The molecule has 3 nitrogen and oxygen atoms in total. The van der Waals surface area contributed by atoms with E-state index in [0.29, 0.717) is 0 Å². The minimum absolute atomic E-state index is 0.205. The number of alkyl halides is 9. The average molecular weight is 625 g/mol. The molecule has 0 aromatic rings. The summed E-state index contributed by atoms with van der Waals surface area (Å²) in [6.07, 6.45) is -7.06. The molecule has 0 unspecified atom stereocenters. The van der Waals surface area contributed by atoms with E-state index >= 15 is 0 Å². The molecule has 0 aliphatic heterocycles. The molecule has 0 saturated carbocycles. The van der Waals surface area contributed by atoms with Crippen molar-refractivity contribution in [2.45, 2.75) is 52.9 Å². The van der Waals surface area contributed by atoms with Crippen LogP contribution in [0, 0.1) is 0 Å². The molecule has 0 aliphatic rings. The molecule has 0 fully saturated rings. The molecule has 152 valence electrons. The Balaban J connectivity index is 6.68. The van der Waals surface area contributed by atoms with Crippen LogP contribution in [0.2, 0.25) is 29.6 Å². The second-order valence-corrected chi connectivity index (χ2v) is 41.9. The van der Waals surface area contributed by atoms with E-state index in [1.807, 2.05) is 0 Å². The maximum absolute atomic E-state index is 14.0. The Bertz CT molecular complexity index is 591. The summed E-state index contributed by atoms with van der Waals surface area (Å²) < 4.78 is 142. The van der Waals surface area contributed by atoms with Crippen LogP contribution in [0.1, 0.15) is 0 Å². The molecule has 0 rings (SSSR count). The van der Waals surface area contributed by atoms with Gasteiger partial charge in [0.2, 0.25) is 0 Å². The van der Waals surface area contributed by atoms with Gasteiger partial charge >= 0.3 is 149 Å². The zero-order valence-corrected chi connectivity index (χ0v) is 20.6. The van der Waals surface area contributed by atoms with E-state index in [-0.39, 0.29) is 0.749 Å². The average Bonchev–Trinajstić information content (AvgIpc) is 2.21. The summed E-state index contributed by atoms with van der Waals surface area (Å²) in [5.41, 5.74) is 0. The van der Waals surface area contributed by atoms with Crippen molar-refractivity contribution in [1.82, 2.24) is 0.749 Å². The summed E-state index contributed by atoms with van der Waals surface area (Å²) in [6.45, 7) is 0. The quantitative estimate of drug-likeness (QED) is 0.317. The van der Waals surface area contributed by atoms with Gasteiger partial charge in [0, 0.05) is 0 Å². The van der Waals surface area contributed by atoms with E-state index in [9.17, 15) is 47.9 Å². The summed E-state index contributed by atoms with van der Waals surface area (Å²) in [6, 6.07) is 0. The Labute approximate surface area is 148 Å². The topological polar surface area (TPSA) is 37.4 Å². The number of rotatable bonds is 6. The Morgan fingerprint density at radius 2 is 0.920 bits per heavy atom. The number of sulfonamides is 1. The minimum atomic E-state index is -7.23. The van der Waals surface area contributed by atoms with E-state index in [2.05, 4.69) is 0 Å². The first-order valence-electron chi connectivity index (χ1n) is 6.62. The van der Waals surface area contributed by atoms with Gasteiger partial charge in [-0.25, -0.2) is 0 Å². The third kappa shape index (κ3) is 4.32. The first-order chi connectivity index (χ1) is 10.4. The van der Waals surface area contributed by atoms with Gasteiger partial charge in [-0.15, -0.1) is 0 Å². The molecule has 0 saturated heterocycles. The SMILES string of the molecule is [CH3][Sn]([CH3])([CH3])[N](S(=O)(=O)C(F)(F)C(F)(F)C(F)(F)C(F)(F)F)[Sn]([CH3])([CH3])[CH3]. The van der Waals surface area contributed by atoms with E-state index < -0.39 is 70.6 Å². The van der Waals surface area contributed by atoms with Crippen molar-refractivity contribution in [1.29, 1.82) is 0 Å². The normalized spacial score (nSPS) is 16.5. The van der Waals surface area contributed by atoms with Crippen molar-refractivity contribution in [3.05, 3.63) is 0 Å². The van der Waals surface area contributed by atoms with E-state index in [1.165, 1.54) is 29.6 Å². The number of hydrogen-bond donors (Lipinski definition) is 0. The van der Waals surface area contributed by atoms with Gasteiger partial charge in [-0.2, -0.15) is 0 Å². The summed E-state index contributed by atoms with van der Waals surface area (Å²) >= 11 is -8.36.